The van der Waals surface area contributed by atoms with Gasteiger partial charge < -0.3 is 14.7 Å². The summed E-state index contributed by atoms with van der Waals surface area (Å²) in [5.74, 6) is -0.625. The van der Waals surface area contributed by atoms with Crippen molar-refractivity contribution in [3.05, 3.63) is 54.1 Å². The molecule has 8 heteroatoms. The lowest BCUT2D eigenvalue weighted by atomic mass is 10.2. The van der Waals surface area contributed by atoms with Crippen LogP contribution >= 0.6 is 0 Å². The van der Waals surface area contributed by atoms with Gasteiger partial charge in [0.15, 0.2) is 0 Å². The maximum Gasteiger partial charge on any atom is 0.323 e. The Hall–Kier alpha value is -2.58. The van der Waals surface area contributed by atoms with Gasteiger partial charge in [0.05, 0.1) is 19.5 Å². The monoisotopic (exact) mass is 362 g/mol. The van der Waals surface area contributed by atoms with Gasteiger partial charge in [-0.3, -0.25) is 4.79 Å². The number of nitrogens with zero attached hydrogens (tertiary/aromatic N) is 2. The third kappa shape index (κ3) is 3.45. The number of benzene rings is 2. The Bertz CT molecular complexity index is 883. The van der Waals surface area contributed by atoms with Crippen LogP contribution in [0.15, 0.2) is 53.4 Å². The van der Waals surface area contributed by atoms with Gasteiger partial charge in [-0.05, 0) is 17.7 Å². The van der Waals surface area contributed by atoms with Crippen molar-refractivity contribution in [1.29, 1.82) is 0 Å². The molecule has 0 fully saturated rings. The summed E-state index contributed by atoms with van der Waals surface area (Å²) in [4.78, 5) is 12.8. The Morgan fingerprint density at radius 1 is 1.20 bits per heavy atom. The first-order valence-electron chi connectivity index (χ1n) is 7.60. The first-order chi connectivity index (χ1) is 11.9. The molecule has 0 aromatic heterocycles. The molecule has 0 saturated heterocycles. The van der Waals surface area contributed by atoms with Gasteiger partial charge in [0.2, 0.25) is 10.0 Å². The lowest BCUT2D eigenvalue weighted by molar-refractivity contribution is -0.135. The summed E-state index contributed by atoms with van der Waals surface area (Å²) < 4.78 is 32.4. The molecular weight excluding hydrogens is 344 g/mol. The van der Waals surface area contributed by atoms with Gasteiger partial charge in [-0.25, -0.2) is 8.42 Å². The number of sulfonamides is 1. The van der Waals surface area contributed by atoms with Crippen LogP contribution in [0.4, 0.5) is 5.69 Å². The van der Waals surface area contributed by atoms with E-state index in [0.29, 0.717) is 11.4 Å². The highest BCUT2D eigenvalue weighted by atomic mass is 32.2. The number of carboxylic acids is 1. The minimum absolute atomic E-state index is 0.0249. The van der Waals surface area contributed by atoms with Crippen LogP contribution < -0.4 is 9.64 Å². The minimum Gasteiger partial charge on any atom is -0.497 e. The van der Waals surface area contributed by atoms with Gasteiger partial charge in [0.25, 0.3) is 0 Å². The summed E-state index contributed by atoms with van der Waals surface area (Å²) in [7, 11) is -2.31. The molecule has 25 heavy (non-hydrogen) atoms. The second-order valence-electron chi connectivity index (χ2n) is 5.67. The summed E-state index contributed by atoms with van der Waals surface area (Å²) in [6, 6.07) is 13.8. The van der Waals surface area contributed by atoms with Gasteiger partial charge in [-0.1, -0.05) is 30.3 Å². The van der Waals surface area contributed by atoms with E-state index in [1.54, 1.807) is 12.1 Å². The first kappa shape index (κ1) is 17.2. The number of anilines is 1. The molecule has 0 atom stereocenters. The van der Waals surface area contributed by atoms with E-state index in [-0.39, 0.29) is 24.7 Å². The molecular formula is C17H18N2O5S. The van der Waals surface area contributed by atoms with Crippen molar-refractivity contribution in [3.63, 3.8) is 0 Å². The predicted molar refractivity (Wildman–Crippen MR) is 92.0 cm³/mol. The molecule has 0 aliphatic carbocycles. The molecule has 1 aliphatic rings. The molecule has 0 unspecified atom stereocenters. The molecule has 1 aliphatic heterocycles. The molecule has 7 nitrogen and oxygen atoms in total. The molecule has 0 saturated carbocycles. The number of carboxylic acid groups (broad SMARTS) is 1. The van der Waals surface area contributed by atoms with E-state index >= 15 is 0 Å². The van der Waals surface area contributed by atoms with E-state index in [1.165, 1.54) is 22.4 Å². The lowest BCUT2D eigenvalue weighted by Crippen LogP contribution is -2.47. The Kier molecular flexibility index (Phi) is 4.65. The van der Waals surface area contributed by atoms with Crippen LogP contribution in [-0.2, 0) is 21.4 Å². The number of ether oxygens (including phenoxy) is 1. The third-order valence-electron chi connectivity index (χ3n) is 3.98. The normalized spacial score (nSPS) is 16.3. The first-order valence-corrected chi connectivity index (χ1v) is 9.04. The average Bonchev–Trinajstić information content (AvgIpc) is 2.59. The zero-order valence-corrected chi connectivity index (χ0v) is 14.4. The second-order valence-corrected chi connectivity index (χ2v) is 7.57. The molecule has 0 spiro atoms. The number of methoxy groups -OCH3 is 1. The highest BCUT2D eigenvalue weighted by molar-refractivity contribution is 7.89. The predicted octanol–water partition coefficient (Wildman–Crippen LogP) is 1.75. The van der Waals surface area contributed by atoms with Crippen LogP contribution in [0.25, 0.3) is 0 Å². The smallest absolute Gasteiger partial charge is 0.323 e. The highest BCUT2D eigenvalue weighted by Gasteiger charge is 2.36. The molecule has 1 N–H and O–H groups in total. The molecule has 2 aromatic rings. The zero-order chi connectivity index (χ0) is 18.0. The number of aliphatic carboxylic acids is 1. The molecule has 132 valence electrons. The van der Waals surface area contributed by atoms with Crippen LogP contribution in [-0.4, -0.2) is 44.1 Å². The van der Waals surface area contributed by atoms with Gasteiger partial charge >= 0.3 is 5.97 Å². The van der Waals surface area contributed by atoms with E-state index in [2.05, 4.69) is 0 Å². The SMILES string of the molecule is COc1ccc2c(c1)S(=O)(=O)N(Cc1ccccc1)CN2CC(=O)O. The van der Waals surface area contributed by atoms with E-state index < -0.39 is 16.0 Å². The van der Waals surface area contributed by atoms with Crippen molar-refractivity contribution in [2.24, 2.45) is 0 Å². The number of carbonyl (C=O) groups is 1. The van der Waals surface area contributed by atoms with Crippen LogP contribution in [0.1, 0.15) is 5.56 Å². The van der Waals surface area contributed by atoms with E-state index in [4.69, 9.17) is 9.84 Å². The topological polar surface area (TPSA) is 87.2 Å². The average molecular weight is 362 g/mol. The maximum atomic E-state index is 13.0. The van der Waals surface area contributed by atoms with Gasteiger partial charge in [-0.2, -0.15) is 4.31 Å². The summed E-state index contributed by atoms with van der Waals surface area (Å²) in [6.45, 7) is -0.154. The molecule has 0 bridgehead atoms. The Morgan fingerprint density at radius 3 is 2.56 bits per heavy atom. The van der Waals surface area contributed by atoms with Crippen molar-refractivity contribution >= 4 is 21.7 Å². The quantitative estimate of drug-likeness (QED) is 0.872. The maximum absolute atomic E-state index is 13.0. The van der Waals surface area contributed by atoms with Crippen molar-refractivity contribution in [1.82, 2.24) is 4.31 Å². The molecule has 0 amide bonds. The van der Waals surface area contributed by atoms with Crippen LogP contribution in [0.3, 0.4) is 0 Å². The molecule has 0 radical (unpaired) electrons. The summed E-state index contributed by atoms with van der Waals surface area (Å²) in [6.07, 6.45) is 0. The fraction of sp³-hybridized carbons (Fsp3) is 0.235. The van der Waals surface area contributed by atoms with Crippen LogP contribution in [0, 0.1) is 0 Å². The fourth-order valence-electron chi connectivity index (χ4n) is 2.79. The van der Waals surface area contributed by atoms with E-state index in [1.807, 2.05) is 30.3 Å². The third-order valence-corrected chi connectivity index (χ3v) is 5.79. The highest BCUT2D eigenvalue weighted by Crippen LogP contribution is 2.36. The second kappa shape index (κ2) is 6.73. The van der Waals surface area contributed by atoms with Gasteiger partial charge in [0, 0.05) is 12.6 Å². The van der Waals surface area contributed by atoms with Crippen LogP contribution in [0.5, 0.6) is 5.75 Å². The van der Waals surface area contributed by atoms with Crippen molar-refractivity contribution < 1.29 is 23.1 Å². The number of rotatable bonds is 5. The standard InChI is InChI=1S/C17H18N2O5S/c1-24-14-7-8-15-16(9-14)25(22,23)19(12-18(15)11-17(20)21)10-13-5-3-2-4-6-13/h2-9H,10-12H2,1H3,(H,20,21). The van der Waals surface area contributed by atoms with Crippen molar-refractivity contribution in [2.75, 3.05) is 25.2 Å². The lowest BCUT2D eigenvalue weighted by Gasteiger charge is -2.37. The molecule has 2 aromatic carbocycles. The van der Waals surface area contributed by atoms with Crippen molar-refractivity contribution in [3.8, 4) is 5.75 Å². The van der Waals surface area contributed by atoms with Crippen LogP contribution in [0.2, 0.25) is 0 Å². The zero-order valence-electron chi connectivity index (χ0n) is 13.6. The molecule has 1 heterocycles. The Labute approximate surface area is 146 Å². The number of fused-ring (bicyclic) bond motifs is 1. The number of hydrogen-bond acceptors (Lipinski definition) is 5. The Balaban J connectivity index is 2.05. The van der Waals surface area contributed by atoms with Gasteiger partial charge in [-0.15, -0.1) is 0 Å². The van der Waals surface area contributed by atoms with E-state index in [0.717, 1.165) is 5.56 Å². The summed E-state index contributed by atoms with van der Waals surface area (Å²) in [5.41, 5.74) is 1.19. The number of hydrogen-bond donors (Lipinski definition) is 1. The van der Waals surface area contributed by atoms with E-state index in [9.17, 15) is 13.2 Å². The summed E-state index contributed by atoms with van der Waals surface area (Å²) >= 11 is 0. The fourth-order valence-corrected chi connectivity index (χ4v) is 4.41. The molecule has 3 rings (SSSR count). The minimum atomic E-state index is -3.76. The summed E-state index contributed by atoms with van der Waals surface area (Å²) in [5, 5.41) is 9.16. The largest absolute Gasteiger partial charge is 0.497 e. The van der Waals surface area contributed by atoms with Gasteiger partial charge in [0.1, 0.15) is 17.2 Å². The Morgan fingerprint density at radius 2 is 1.92 bits per heavy atom. The van der Waals surface area contributed by atoms with Crippen molar-refractivity contribution in [2.45, 2.75) is 11.4 Å².